The van der Waals surface area contributed by atoms with E-state index in [1.165, 1.54) is 6.92 Å². The average Bonchev–Trinajstić information content (AvgIpc) is 2.56. The summed E-state index contributed by atoms with van der Waals surface area (Å²) in [5, 5.41) is 11.1. The van der Waals surface area contributed by atoms with Gasteiger partial charge in [-0.3, -0.25) is 9.59 Å². The van der Waals surface area contributed by atoms with Gasteiger partial charge in [-0.05, 0) is 38.0 Å². The third-order valence-corrected chi connectivity index (χ3v) is 5.98. The van der Waals surface area contributed by atoms with E-state index in [1.54, 1.807) is 0 Å². The molecule has 1 aromatic rings. The lowest BCUT2D eigenvalue weighted by Crippen LogP contribution is -2.46. The van der Waals surface area contributed by atoms with Crippen LogP contribution in [0.5, 0.6) is 0 Å². The monoisotopic (exact) mass is 376 g/mol. The Balaban J connectivity index is 2.05. The molecule has 0 aliphatic carbocycles. The van der Waals surface area contributed by atoms with Gasteiger partial charge < -0.3 is 10.4 Å². The molecule has 1 amide bonds. The highest BCUT2D eigenvalue weighted by Crippen LogP contribution is 2.26. The number of nitrogens with zero attached hydrogens (tertiary/aromatic N) is 1. The van der Waals surface area contributed by atoms with Crippen molar-refractivity contribution < 1.29 is 31.9 Å². The van der Waals surface area contributed by atoms with Crippen molar-refractivity contribution in [3.05, 3.63) is 29.8 Å². The van der Waals surface area contributed by atoms with Crippen molar-refractivity contribution in [2.24, 2.45) is 5.92 Å². The molecule has 0 spiro atoms. The Hall–Kier alpha value is -2.07. The first-order chi connectivity index (χ1) is 11.6. The highest BCUT2D eigenvalue weighted by Gasteiger charge is 2.34. The molecule has 0 radical (unpaired) electrons. The van der Waals surface area contributed by atoms with Gasteiger partial charge in [-0.1, -0.05) is 0 Å². The number of sulfonamides is 1. The number of carbonyl (C=O) groups is 2. The fourth-order valence-electron chi connectivity index (χ4n) is 2.57. The molecule has 2 N–H and O–H groups in total. The Bertz CT molecular complexity index is 776. The molecule has 1 heterocycles. The molecule has 1 saturated heterocycles. The van der Waals surface area contributed by atoms with Crippen LogP contribution in [-0.4, -0.2) is 48.8 Å². The molecule has 1 atom stereocenters. The second-order valence-electron chi connectivity index (χ2n) is 5.82. The number of benzene rings is 1. The molecule has 1 aliphatic rings. The Morgan fingerprint density at radius 2 is 1.88 bits per heavy atom. The Morgan fingerprint density at radius 3 is 2.44 bits per heavy atom. The van der Waals surface area contributed by atoms with Gasteiger partial charge in [0.05, 0.1) is 0 Å². The number of carboxylic acid groups (broad SMARTS) is 1. The standard InChI is InChI=1S/C15H18F2N2O5S/c1-9(15(21)22)18-14(20)10-4-6-19(7-5-10)25(23,24)13-8-11(16)2-3-12(13)17/h2-3,8-10H,4-7H2,1H3,(H,18,20)(H,21,22)/t9-/m1/s1. The first-order valence-electron chi connectivity index (χ1n) is 7.61. The van der Waals surface area contributed by atoms with Gasteiger partial charge in [-0.15, -0.1) is 0 Å². The lowest BCUT2D eigenvalue weighted by molar-refractivity contribution is -0.142. The van der Waals surface area contributed by atoms with E-state index in [0.717, 1.165) is 16.4 Å². The third-order valence-electron chi connectivity index (χ3n) is 4.06. The van der Waals surface area contributed by atoms with Crippen molar-refractivity contribution in [1.82, 2.24) is 9.62 Å². The van der Waals surface area contributed by atoms with Crippen molar-refractivity contribution in [1.29, 1.82) is 0 Å². The van der Waals surface area contributed by atoms with Crippen molar-refractivity contribution in [2.45, 2.75) is 30.7 Å². The lowest BCUT2D eigenvalue weighted by Gasteiger charge is -2.31. The third kappa shape index (κ3) is 4.31. The summed E-state index contributed by atoms with van der Waals surface area (Å²) in [6.45, 7) is 1.24. The van der Waals surface area contributed by atoms with E-state index in [4.69, 9.17) is 5.11 Å². The second-order valence-corrected chi connectivity index (χ2v) is 7.73. The zero-order chi connectivity index (χ0) is 18.8. The summed E-state index contributed by atoms with van der Waals surface area (Å²) >= 11 is 0. The van der Waals surface area contributed by atoms with E-state index in [9.17, 15) is 26.8 Å². The minimum absolute atomic E-state index is 0.0438. The quantitative estimate of drug-likeness (QED) is 0.797. The molecule has 2 rings (SSSR count). The van der Waals surface area contributed by atoms with Crippen molar-refractivity contribution in [3.8, 4) is 0 Å². The lowest BCUT2D eigenvalue weighted by atomic mass is 9.97. The SMILES string of the molecule is C[C@@H](NC(=O)C1CCN(S(=O)(=O)c2cc(F)ccc2F)CC1)C(=O)O. The molecular formula is C15H18F2N2O5S. The van der Waals surface area contributed by atoms with Gasteiger partial charge in [0.15, 0.2) is 0 Å². The summed E-state index contributed by atoms with van der Waals surface area (Å²) in [5.41, 5.74) is 0. The van der Waals surface area contributed by atoms with Crippen LogP contribution >= 0.6 is 0 Å². The smallest absolute Gasteiger partial charge is 0.325 e. The largest absolute Gasteiger partial charge is 0.480 e. The predicted octanol–water partition coefficient (Wildman–Crippen LogP) is 0.955. The maximum atomic E-state index is 13.8. The number of carbonyl (C=O) groups excluding carboxylic acids is 1. The normalized spacial score (nSPS) is 17.9. The van der Waals surface area contributed by atoms with Crippen LogP contribution in [0.1, 0.15) is 19.8 Å². The van der Waals surface area contributed by atoms with E-state index >= 15 is 0 Å². The molecule has 25 heavy (non-hydrogen) atoms. The number of amides is 1. The highest BCUT2D eigenvalue weighted by atomic mass is 32.2. The van der Waals surface area contributed by atoms with E-state index in [-0.39, 0.29) is 25.9 Å². The van der Waals surface area contributed by atoms with E-state index in [0.29, 0.717) is 6.07 Å². The minimum Gasteiger partial charge on any atom is -0.480 e. The maximum absolute atomic E-state index is 13.8. The van der Waals surface area contributed by atoms with Crippen LogP contribution in [0.4, 0.5) is 8.78 Å². The number of piperidine rings is 1. The number of aliphatic carboxylic acids is 1. The summed E-state index contributed by atoms with van der Waals surface area (Å²) in [6.07, 6.45) is 0.322. The second kappa shape index (κ2) is 7.44. The van der Waals surface area contributed by atoms with Gasteiger partial charge >= 0.3 is 5.97 Å². The summed E-state index contributed by atoms with van der Waals surface area (Å²) in [5.74, 6) is -4.09. The number of hydrogen-bond acceptors (Lipinski definition) is 4. The zero-order valence-corrected chi connectivity index (χ0v) is 14.2. The highest BCUT2D eigenvalue weighted by molar-refractivity contribution is 7.89. The van der Waals surface area contributed by atoms with Crippen LogP contribution in [0.15, 0.2) is 23.1 Å². The Labute approximate surface area is 143 Å². The number of hydrogen-bond donors (Lipinski definition) is 2. The summed E-state index contributed by atoms with van der Waals surface area (Å²) < 4.78 is 52.9. The number of halogens is 2. The fourth-order valence-corrected chi connectivity index (χ4v) is 4.11. The van der Waals surface area contributed by atoms with Crippen LogP contribution in [0, 0.1) is 17.6 Å². The van der Waals surface area contributed by atoms with E-state index < -0.39 is 50.4 Å². The molecule has 1 fully saturated rings. The van der Waals surface area contributed by atoms with Gasteiger partial charge in [-0.25, -0.2) is 17.2 Å². The fraction of sp³-hybridized carbons (Fsp3) is 0.467. The first kappa shape index (κ1) is 19.3. The average molecular weight is 376 g/mol. The molecular weight excluding hydrogens is 358 g/mol. The topological polar surface area (TPSA) is 104 Å². The van der Waals surface area contributed by atoms with Crippen molar-refractivity contribution >= 4 is 21.9 Å². The molecule has 138 valence electrons. The van der Waals surface area contributed by atoms with Crippen LogP contribution in [0.2, 0.25) is 0 Å². The maximum Gasteiger partial charge on any atom is 0.325 e. The van der Waals surface area contributed by atoms with Gasteiger partial charge in [0.1, 0.15) is 22.6 Å². The summed E-state index contributed by atoms with van der Waals surface area (Å²) in [7, 11) is -4.21. The van der Waals surface area contributed by atoms with Crippen LogP contribution in [-0.2, 0) is 19.6 Å². The zero-order valence-electron chi connectivity index (χ0n) is 13.4. The molecule has 0 saturated carbocycles. The predicted molar refractivity (Wildman–Crippen MR) is 83.1 cm³/mol. The van der Waals surface area contributed by atoms with Gasteiger partial charge in [-0.2, -0.15) is 4.31 Å². The van der Waals surface area contributed by atoms with Gasteiger partial charge in [0.2, 0.25) is 15.9 Å². The molecule has 1 aromatic carbocycles. The molecule has 10 heteroatoms. The minimum atomic E-state index is -4.21. The summed E-state index contributed by atoms with van der Waals surface area (Å²) in [6, 6.07) is 1.15. The molecule has 1 aliphatic heterocycles. The van der Waals surface area contributed by atoms with Gasteiger partial charge in [0.25, 0.3) is 0 Å². The van der Waals surface area contributed by atoms with E-state index in [2.05, 4.69) is 5.32 Å². The molecule has 0 aromatic heterocycles. The summed E-state index contributed by atoms with van der Waals surface area (Å²) in [4.78, 5) is 22.0. The number of rotatable bonds is 5. The van der Waals surface area contributed by atoms with E-state index in [1.807, 2.05) is 0 Å². The molecule has 7 nitrogen and oxygen atoms in total. The van der Waals surface area contributed by atoms with Gasteiger partial charge in [0, 0.05) is 19.0 Å². The van der Waals surface area contributed by atoms with Crippen molar-refractivity contribution in [3.63, 3.8) is 0 Å². The number of nitrogens with one attached hydrogen (secondary N) is 1. The molecule has 0 unspecified atom stereocenters. The van der Waals surface area contributed by atoms with Crippen LogP contribution in [0.25, 0.3) is 0 Å². The Kier molecular flexibility index (Phi) is 5.73. The first-order valence-corrected chi connectivity index (χ1v) is 9.05. The van der Waals surface area contributed by atoms with Crippen LogP contribution < -0.4 is 5.32 Å². The van der Waals surface area contributed by atoms with Crippen molar-refractivity contribution in [2.75, 3.05) is 13.1 Å². The number of carboxylic acids is 1. The Morgan fingerprint density at radius 1 is 1.28 bits per heavy atom. The van der Waals surface area contributed by atoms with Crippen LogP contribution in [0.3, 0.4) is 0 Å². The molecule has 0 bridgehead atoms.